The first kappa shape index (κ1) is 19.9. The fourth-order valence-electron chi connectivity index (χ4n) is 2.60. The Kier molecular flexibility index (Phi) is 7.14. The summed E-state index contributed by atoms with van der Waals surface area (Å²) in [6, 6.07) is 1.68. The highest BCUT2D eigenvalue weighted by Gasteiger charge is 2.24. The largest absolute Gasteiger partial charge is 0.450 e. The van der Waals surface area contributed by atoms with Gasteiger partial charge < -0.3 is 24.8 Å². The summed E-state index contributed by atoms with van der Waals surface area (Å²) in [5.41, 5.74) is 1.10. The highest BCUT2D eigenvalue weighted by atomic mass is 16.6. The summed E-state index contributed by atoms with van der Waals surface area (Å²) < 4.78 is 5.03. The van der Waals surface area contributed by atoms with E-state index in [4.69, 9.17) is 4.74 Å². The zero-order valence-electron chi connectivity index (χ0n) is 16.0. The molecule has 1 aliphatic heterocycles. The molecule has 2 heterocycles. The van der Waals surface area contributed by atoms with E-state index < -0.39 is 0 Å². The van der Waals surface area contributed by atoms with Crippen LogP contribution in [0.3, 0.4) is 0 Å². The first-order valence-electron chi connectivity index (χ1n) is 8.86. The van der Waals surface area contributed by atoms with Gasteiger partial charge in [-0.15, -0.1) is 0 Å². The van der Waals surface area contributed by atoms with Crippen LogP contribution in [0, 0.1) is 6.92 Å². The number of nitrogens with one attached hydrogen (secondary N) is 1. The third kappa shape index (κ3) is 5.55. The summed E-state index contributed by atoms with van der Waals surface area (Å²) in [4.78, 5) is 38.6. The zero-order chi connectivity index (χ0) is 19.1. The molecule has 1 N–H and O–H groups in total. The molecule has 2 rings (SSSR count). The molecule has 1 aromatic heterocycles. The van der Waals surface area contributed by atoms with Gasteiger partial charge in [-0.05, 0) is 34.0 Å². The molecular weight excluding hydrogens is 336 g/mol. The van der Waals surface area contributed by atoms with E-state index in [0.29, 0.717) is 51.0 Å². The maximum absolute atomic E-state index is 12.3. The molecule has 144 valence electrons. The van der Waals surface area contributed by atoms with Gasteiger partial charge in [0, 0.05) is 45.0 Å². The molecule has 1 saturated heterocycles. The van der Waals surface area contributed by atoms with E-state index in [1.165, 1.54) is 0 Å². The van der Waals surface area contributed by atoms with E-state index in [1.807, 2.05) is 30.8 Å². The smallest absolute Gasteiger partial charge is 0.409 e. The van der Waals surface area contributed by atoms with Gasteiger partial charge in [0.15, 0.2) is 0 Å². The molecule has 9 heteroatoms. The number of hydrogen-bond donors (Lipinski definition) is 1. The quantitative estimate of drug-likeness (QED) is 0.779. The molecule has 0 aliphatic carbocycles. The van der Waals surface area contributed by atoms with Crippen molar-refractivity contribution in [3.63, 3.8) is 0 Å². The number of amides is 2. The van der Waals surface area contributed by atoms with Crippen LogP contribution in [0.25, 0.3) is 0 Å². The molecule has 9 nitrogen and oxygen atoms in total. The number of ether oxygens (including phenoxy) is 1. The Morgan fingerprint density at radius 3 is 2.54 bits per heavy atom. The van der Waals surface area contributed by atoms with Gasteiger partial charge in [-0.2, -0.15) is 0 Å². The molecule has 0 atom stereocenters. The topological polar surface area (TPSA) is 90.9 Å². The fourth-order valence-corrected chi connectivity index (χ4v) is 2.60. The molecule has 2 amide bonds. The second-order valence-electron chi connectivity index (χ2n) is 6.43. The van der Waals surface area contributed by atoms with Crippen molar-refractivity contribution in [1.29, 1.82) is 0 Å². The Morgan fingerprint density at radius 2 is 1.92 bits per heavy atom. The van der Waals surface area contributed by atoms with Gasteiger partial charge >= 0.3 is 6.09 Å². The van der Waals surface area contributed by atoms with Crippen molar-refractivity contribution in [2.24, 2.45) is 0 Å². The van der Waals surface area contributed by atoms with Crippen LogP contribution in [0.15, 0.2) is 6.07 Å². The van der Waals surface area contributed by atoms with Crippen molar-refractivity contribution in [2.75, 3.05) is 64.9 Å². The number of aromatic nitrogens is 2. The van der Waals surface area contributed by atoms with E-state index in [9.17, 15) is 9.59 Å². The fraction of sp³-hybridized carbons (Fsp3) is 0.647. The molecule has 0 spiro atoms. The predicted molar refractivity (Wildman–Crippen MR) is 98.5 cm³/mol. The maximum Gasteiger partial charge on any atom is 0.409 e. The monoisotopic (exact) mass is 364 g/mol. The van der Waals surface area contributed by atoms with Crippen molar-refractivity contribution in [3.05, 3.63) is 17.5 Å². The minimum atomic E-state index is -0.293. The molecule has 0 radical (unpaired) electrons. The van der Waals surface area contributed by atoms with Crippen molar-refractivity contribution in [2.45, 2.75) is 13.8 Å². The molecular formula is C17H28N6O3. The lowest BCUT2D eigenvalue weighted by Gasteiger charge is -2.34. The van der Waals surface area contributed by atoms with Gasteiger partial charge in [0.05, 0.1) is 6.61 Å². The number of hydrogen-bond acceptors (Lipinski definition) is 7. The van der Waals surface area contributed by atoms with Crippen LogP contribution in [0.4, 0.5) is 10.7 Å². The average Bonchev–Trinajstić information content (AvgIpc) is 2.61. The Hall–Kier alpha value is -2.42. The third-order valence-electron chi connectivity index (χ3n) is 4.01. The molecule has 0 unspecified atom stereocenters. The third-order valence-corrected chi connectivity index (χ3v) is 4.01. The van der Waals surface area contributed by atoms with Crippen LogP contribution in [-0.4, -0.2) is 91.7 Å². The van der Waals surface area contributed by atoms with E-state index >= 15 is 0 Å². The number of rotatable bonds is 6. The van der Waals surface area contributed by atoms with Crippen LogP contribution >= 0.6 is 0 Å². The summed E-state index contributed by atoms with van der Waals surface area (Å²) in [7, 11) is 3.91. The van der Waals surface area contributed by atoms with Crippen molar-refractivity contribution in [1.82, 2.24) is 25.1 Å². The first-order valence-corrected chi connectivity index (χ1v) is 8.86. The van der Waals surface area contributed by atoms with Crippen LogP contribution in [0.1, 0.15) is 23.1 Å². The standard InChI is InChI=1S/C17H28N6O3/c1-5-26-17(25)23-10-8-22(9-11-23)16-19-13(2)12-14(20-16)15(24)18-6-7-21(3)4/h12H,5-11H2,1-4H3,(H,18,24). The van der Waals surface area contributed by atoms with Gasteiger partial charge in [0.1, 0.15) is 5.69 Å². The van der Waals surface area contributed by atoms with Crippen LogP contribution < -0.4 is 10.2 Å². The van der Waals surface area contributed by atoms with Gasteiger partial charge in [-0.25, -0.2) is 14.8 Å². The number of piperazine rings is 1. The van der Waals surface area contributed by atoms with Crippen molar-refractivity contribution in [3.8, 4) is 0 Å². The Morgan fingerprint density at radius 1 is 1.23 bits per heavy atom. The SMILES string of the molecule is CCOC(=O)N1CCN(c2nc(C)cc(C(=O)NCCN(C)C)n2)CC1. The average molecular weight is 364 g/mol. The lowest BCUT2D eigenvalue weighted by molar-refractivity contribution is 0.0945. The number of anilines is 1. The minimum absolute atomic E-state index is 0.205. The van der Waals surface area contributed by atoms with Crippen LogP contribution in [0.2, 0.25) is 0 Å². The lowest BCUT2D eigenvalue weighted by Crippen LogP contribution is -2.49. The Labute approximate surface area is 154 Å². The number of carbonyl (C=O) groups is 2. The van der Waals surface area contributed by atoms with E-state index in [2.05, 4.69) is 15.3 Å². The Balaban J connectivity index is 1.99. The summed E-state index contributed by atoms with van der Waals surface area (Å²) in [5, 5.41) is 2.86. The molecule has 0 bridgehead atoms. The summed E-state index contributed by atoms with van der Waals surface area (Å²) in [6.07, 6.45) is -0.293. The van der Waals surface area contributed by atoms with Gasteiger partial charge in [0.2, 0.25) is 5.95 Å². The summed E-state index contributed by atoms with van der Waals surface area (Å²) in [5.74, 6) is 0.315. The summed E-state index contributed by atoms with van der Waals surface area (Å²) in [6.45, 7) is 7.61. The predicted octanol–water partition coefficient (Wildman–Crippen LogP) is 0.355. The minimum Gasteiger partial charge on any atom is -0.450 e. The number of carbonyl (C=O) groups excluding carboxylic acids is 2. The van der Waals surface area contributed by atoms with E-state index in [0.717, 1.165) is 12.2 Å². The summed E-state index contributed by atoms with van der Waals surface area (Å²) >= 11 is 0. The molecule has 1 aromatic rings. The van der Waals surface area contributed by atoms with Crippen molar-refractivity contribution >= 4 is 17.9 Å². The molecule has 0 aromatic carbocycles. The highest BCUT2D eigenvalue weighted by Crippen LogP contribution is 2.14. The molecule has 26 heavy (non-hydrogen) atoms. The molecule has 1 fully saturated rings. The Bertz CT molecular complexity index is 629. The second kappa shape index (κ2) is 9.33. The van der Waals surface area contributed by atoms with Gasteiger partial charge in [0.25, 0.3) is 5.91 Å². The van der Waals surface area contributed by atoms with E-state index in [-0.39, 0.29) is 12.0 Å². The lowest BCUT2D eigenvalue weighted by atomic mass is 10.3. The van der Waals surface area contributed by atoms with Gasteiger partial charge in [-0.3, -0.25) is 4.79 Å². The van der Waals surface area contributed by atoms with E-state index in [1.54, 1.807) is 17.9 Å². The molecule has 1 aliphatic rings. The number of likely N-dealkylation sites (N-methyl/N-ethyl adjacent to an activating group) is 1. The first-order chi connectivity index (χ1) is 12.4. The maximum atomic E-state index is 12.3. The van der Waals surface area contributed by atoms with Gasteiger partial charge in [-0.1, -0.05) is 0 Å². The number of aryl methyl sites for hydroxylation is 1. The van der Waals surface area contributed by atoms with Crippen molar-refractivity contribution < 1.29 is 14.3 Å². The normalized spacial score (nSPS) is 14.5. The van der Waals surface area contributed by atoms with Crippen LogP contribution in [0.5, 0.6) is 0 Å². The molecule has 0 saturated carbocycles. The highest BCUT2D eigenvalue weighted by molar-refractivity contribution is 5.92. The number of nitrogens with zero attached hydrogens (tertiary/aromatic N) is 5. The van der Waals surface area contributed by atoms with Crippen LogP contribution in [-0.2, 0) is 4.74 Å². The zero-order valence-corrected chi connectivity index (χ0v) is 16.0. The second-order valence-corrected chi connectivity index (χ2v) is 6.43.